The minimum absolute atomic E-state index is 0.0209. The van der Waals surface area contributed by atoms with E-state index in [2.05, 4.69) is 0 Å². The van der Waals surface area contributed by atoms with Crippen LogP contribution >= 0.6 is 0 Å². The second-order valence-electron chi connectivity index (χ2n) is 5.86. The summed E-state index contributed by atoms with van der Waals surface area (Å²) in [5.41, 5.74) is -0.655. The standard InChI is InChI=1S/C11H20FNO5S/c1-11(2,3)9-8(12)7(18-19(4,16)17)5-6-13(9)10(14)15/h7-9H,5-6H2,1-4H3,(H,14,15)/t7-,8+,9?/m1/s1. The summed E-state index contributed by atoms with van der Waals surface area (Å²) in [4.78, 5) is 12.2. The maximum atomic E-state index is 14.5. The summed E-state index contributed by atoms with van der Waals surface area (Å²) in [6, 6.07) is -0.939. The van der Waals surface area contributed by atoms with Gasteiger partial charge < -0.3 is 10.0 Å². The Hall–Kier alpha value is -0.890. The summed E-state index contributed by atoms with van der Waals surface area (Å²) < 4.78 is 41.4. The van der Waals surface area contributed by atoms with E-state index in [9.17, 15) is 17.6 Å². The molecule has 0 aliphatic carbocycles. The second-order valence-corrected chi connectivity index (χ2v) is 7.46. The number of rotatable bonds is 2. The van der Waals surface area contributed by atoms with E-state index in [1.54, 1.807) is 20.8 Å². The third-order valence-electron chi connectivity index (χ3n) is 3.08. The molecule has 0 aromatic rings. The Morgan fingerprint density at radius 1 is 1.42 bits per heavy atom. The van der Waals surface area contributed by atoms with Gasteiger partial charge in [-0.05, 0) is 11.8 Å². The molecule has 1 fully saturated rings. The first-order valence-electron chi connectivity index (χ1n) is 5.95. The van der Waals surface area contributed by atoms with Gasteiger partial charge in [-0.15, -0.1) is 0 Å². The molecule has 3 atom stereocenters. The molecule has 1 aliphatic rings. The van der Waals surface area contributed by atoms with Crippen molar-refractivity contribution in [2.45, 2.75) is 45.5 Å². The van der Waals surface area contributed by atoms with Crippen molar-refractivity contribution < 1.29 is 26.9 Å². The summed E-state index contributed by atoms with van der Waals surface area (Å²) in [6.45, 7) is 5.19. The fourth-order valence-electron chi connectivity index (χ4n) is 2.43. The lowest BCUT2D eigenvalue weighted by molar-refractivity contribution is -0.0490. The highest BCUT2D eigenvalue weighted by atomic mass is 32.2. The molecular formula is C11H20FNO5S. The van der Waals surface area contributed by atoms with Crippen molar-refractivity contribution in [2.75, 3.05) is 12.8 Å². The largest absolute Gasteiger partial charge is 0.465 e. The van der Waals surface area contributed by atoms with Crippen molar-refractivity contribution in [3.8, 4) is 0 Å². The number of hydrogen-bond acceptors (Lipinski definition) is 4. The average Bonchev–Trinajstić information content (AvgIpc) is 2.16. The molecule has 1 saturated heterocycles. The van der Waals surface area contributed by atoms with Crippen molar-refractivity contribution in [2.24, 2.45) is 5.41 Å². The molecule has 1 unspecified atom stereocenters. The highest BCUT2D eigenvalue weighted by Gasteiger charge is 2.47. The smallest absolute Gasteiger partial charge is 0.407 e. The second kappa shape index (κ2) is 5.24. The highest BCUT2D eigenvalue weighted by molar-refractivity contribution is 7.86. The van der Waals surface area contributed by atoms with E-state index in [-0.39, 0.29) is 13.0 Å². The summed E-state index contributed by atoms with van der Waals surface area (Å²) in [5, 5.41) is 9.11. The molecule has 1 heterocycles. The lowest BCUT2D eigenvalue weighted by atomic mass is 9.79. The lowest BCUT2D eigenvalue weighted by Crippen LogP contribution is -2.60. The zero-order chi connectivity index (χ0) is 15.0. The molecular weight excluding hydrogens is 277 g/mol. The fraction of sp³-hybridized carbons (Fsp3) is 0.909. The summed E-state index contributed by atoms with van der Waals surface area (Å²) >= 11 is 0. The Morgan fingerprint density at radius 3 is 2.32 bits per heavy atom. The fourth-order valence-corrected chi connectivity index (χ4v) is 3.08. The lowest BCUT2D eigenvalue weighted by Gasteiger charge is -2.46. The third-order valence-corrected chi connectivity index (χ3v) is 3.68. The van der Waals surface area contributed by atoms with Crippen LogP contribution in [0.4, 0.5) is 9.18 Å². The molecule has 112 valence electrons. The van der Waals surface area contributed by atoms with Gasteiger partial charge in [-0.25, -0.2) is 9.18 Å². The number of likely N-dealkylation sites (tertiary alicyclic amines) is 1. The number of carbonyl (C=O) groups is 1. The first-order chi connectivity index (χ1) is 8.43. The van der Waals surface area contributed by atoms with Gasteiger partial charge in [-0.1, -0.05) is 20.8 Å². The topological polar surface area (TPSA) is 83.9 Å². The van der Waals surface area contributed by atoms with E-state index in [1.807, 2.05) is 0 Å². The van der Waals surface area contributed by atoms with Gasteiger partial charge in [0.25, 0.3) is 10.1 Å². The molecule has 0 aromatic heterocycles. The summed E-state index contributed by atoms with van der Waals surface area (Å²) in [7, 11) is -3.77. The zero-order valence-corrected chi connectivity index (χ0v) is 12.3. The van der Waals surface area contributed by atoms with E-state index in [4.69, 9.17) is 9.29 Å². The molecule has 0 spiro atoms. The number of amides is 1. The van der Waals surface area contributed by atoms with Gasteiger partial charge in [0.05, 0.1) is 12.3 Å². The molecule has 1 amide bonds. The van der Waals surface area contributed by atoms with E-state index in [1.165, 1.54) is 0 Å². The Balaban J connectivity index is 3.01. The van der Waals surface area contributed by atoms with E-state index < -0.39 is 39.9 Å². The van der Waals surface area contributed by atoms with E-state index in [0.717, 1.165) is 11.2 Å². The number of piperidine rings is 1. The van der Waals surface area contributed by atoms with Crippen LogP contribution in [0, 0.1) is 5.41 Å². The highest BCUT2D eigenvalue weighted by Crippen LogP contribution is 2.35. The van der Waals surface area contributed by atoms with E-state index in [0.29, 0.717) is 0 Å². The van der Waals surface area contributed by atoms with Crippen LogP contribution in [0.3, 0.4) is 0 Å². The third kappa shape index (κ3) is 4.04. The number of halogens is 1. The Bertz CT molecular complexity index is 444. The van der Waals surface area contributed by atoms with Gasteiger partial charge >= 0.3 is 6.09 Å². The van der Waals surface area contributed by atoms with Crippen LogP contribution in [0.5, 0.6) is 0 Å². The van der Waals surface area contributed by atoms with Crippen molar-refractivity contribution >= 4 is 16.2 Å². The van der Waals surface area contributed by atoms with Crippen LogP contribution in [0.1, 0.15) is 27.2 Å². The first kappa shape index (κ1) is 16.2. The monoisotopic (exact) mass is 297 g/mol. The Kier molecular flexibility index (Phi) is 4.46. The Morgan fingerprint density at radius 2 is 1.95 bits per heavy atom. The molecule has 0 aromatic carbocycles. The SMILES string of the molecule is CC(C)(C)C1[C@@H](F)[C@H](OS(C)(=O)=O)CCN1C(=O)O. The molecule has 0 bridgehead atoms. The van der Waals surface area contributed by atoms with Gasteiger partial charge in [-0.2, -0.15) is 8.42 Å². The first-order valence-corrected chi connectivity index (χ1v) is 7.77. The molecule has 8 heteroatoms. The minimum Gasteiger partial charge on any atom is -0.465 e. The number of hydrogen-bond donors (Lipinski definition) is 1. The van der Waals surface area contributed by atoms with Gasteiger partial charge in [0.2, 0.25) is 0 Å². The van der Waals surface area contributed by atoms with E-state index >= 15 is 0 Å². The van der Waals surface area contributed by atoms with Gasteiger partial charge in [0, 0.05) is 6.54 Å². The van der Waals surface area contributed by atoms with Crippen molar-refractivity contribution in [3.63, 3.8) is 0 Å². The molecule has 1 N–H and O–H groups in total. The number of nitrogens with zero attached hydrogens (tertiary/aromatic N) is 1. The summed E-state index contributed by atoms with van der Waals surface area (Å²) in [6.07, 6.45) is -3.14. The maximum Gasteiger partial charge on any atom is 0.407 e. The van der Waals surface area contributed by atoms with Gasteiger partial charge in [-0.3, -0.25) is 4.18 Å². The van der Waals surface area contributed by atoms with Crippen LogP contribution in [-0.2, 0) is 14.3 Å². The predicted molar refractivity (Wildman–Crippen MR) is 67.2 cm³/mol. The molecule has 1 aliphatic heterocycles. The molecule has 1 rings (SSSR count). The van der Waals surface area contributed by atoms with Crippen LogP contribution < -0.4 is 0 Å². The normalized spacial score (nSPS) is 29.3. The van der Waals surface area contributed by atoms with Crippen LogP contribution in [0.25, 0.3) is 0 Å². The van der Waals surface area contributed by atoms with Crippen LogP contribution in [0.2, 0.25) is 0 Å². The van der Waals surface area contributed by atoms with Crippen molar-refractivity contribution in [1.82, 2.24) is 4.90 Å². The maximum absolute atomic E-state index is 14.5. The van der Waals surface area contributed by atoms with Crippen molar-refractivity contribution in [3.05, 3.63) is 0 Å². The van der Waals surface area contributed by atoms with Crippen LogP contribution in [0.15, 0.2) is 0 Å². The van der Waals surface area contributed by atoms with Crippen molar-refractivity contribution in [1.29, 1.82) is 0 Å². The number of carboxylic acid groups (broad SMARTS) is 1. The zero-order valence-electron chi connectivity index (χ0n) is 11.5. The molecule has 19 heavy (non-hydrogen) atoms. The molecule has 0 saturated carbocycles. The predicted octanol–water partition coefficient (Wildman–Crippen LogP) is 1.47. The molecule has 6 nitrogen and oxygen atoms in total. The minimum atomic E-state index is -3.77. The average molecular weight is 297 g/mol. The van der Waals surface area contributed by atoms with Gasteiger partial charge in [0.1, 0.15) is 12.3 Å². The quantitative estimate of drug-likeness (QED) is 0.780. The number of alkyl halides is 1. The summed E-state index contributed by atoms with van der Waals surface area (Å²) in [5.74, 6) is 0. The van der Waals surface area contributed by atoms with Gasteiger partial charge in [0.15, 0.2) is 0 Å². The Labute approximate surface area is 112 Å². The molecule has 0 radical (unpaired) electrons. The van der Waals surface area contributed by atoms with Crippen LogP contribution in [-0.4, -0.2) is 55.6 Å².